The number of aliphatic hydroxyl groups is 1. The van der Waals surface area contributed by atoms with Crippen molar-refractivity contribution < 1.29 is 28.9 Å². The lowest BCUT2D eigenvalue weighted by molar-refractivity contribution is -0.130. The van der Waals surface area contributed by atoms with E-state index < -0.39 is 29.4 Å². The minimum absolute atomic E-state index is 0.00829. The molecule has 0 heterocycles. The molecule has 0 saturated heterocycles. The van der Waals surface area contributed by atoms with Crippen LogP contribution in [0.5, 0.6) is 11.5 Å². The zero-order valence-corrected chi connectivity index (χ0v) is 25.3. The third-order valence-corrected chi connectivity index (χ3v) is 7.50. The van der Waals surface area contributed by atoms with E-state index in [-0.39, 0.29) is 30.7 Å². The van der Waals surface area contributed by atoms with E-state index in [1.54, 1.807) is 28.1 Å². The van der Waals surface area contributed by atoms with Crippen LogP contribution in [0, 0.1) is 29.1 Å². The van der Waals surface area contributed by atoms with Gasteiger partial charge >= 0.3 is 0 Å². The molecule has 4 atom stereocenters. The highest BCUT2D eigenvalue weighted by molar-refractivity contribution is 5.83. The van der Waals surface area contributed by atoms with Crippen LogP contribution in [0.25, 0.3) is 0 Å². The Hall–Kier alpha value is -2.36. The first kappa shape index (κ1) is 34.7. The van der Waals surface area contributed by atoms with E-state index in [1.165, 1.54) is 0 Å². The van der Waals surface area contributed by atoms with E-state index in [0.717, 1.165) is 18.4 Å². The van der Waals surface area contributed by atoms with Crippen LogP contribution in [-0.2, 0) is 20.7 Å². The fraction of sp³-hybridized carbons (Fsp3) is 0.733. The van der Waals surface area contributed by atoms with Gasteiger partial charge in [-0.25, -0.2) is 0 Å². The largest absolute Gasteiger partial charge is 0.493 e. The van der Waals surface area contributed by atoms with Gasteiger partial charge < -0.3 is 36.1 Å². The first-order valence-corrected chi connectivity index (χ1v) is 14.0. The van der Waals surface area contributed by atoms with Gasteiger partial charge in [-0.3, -0.25) is 9.59 Å². The monoisotopic (exact) mass is 551 g/mol. The summed E-state index contributed by atoms with van der Waals surface area (Å²) in [4.78, 5) is 24.5. The molecular formula is C30H53N3O6. The smallest absolute Gasteiger partial charge is 0.224 e. The van der Waals surface area contributed by atoms with Gasteiger partial charge in [-0.1, -0.05) is 33.8 Å². The Morgan fingerprint density at radius 3 is 2.23 bits per heavy atom. The number of nitrogens with two attached hydrogens (primary N) is 2. The number of primary amides is 1. The van der Waals surface area contributed by atoms with Crippen molar-refractivity contribution in [2.45, 2.75) is 79.4 Å². The lowest BCUT2D eigenvalue weighted by Gasteiger charge is -2.30. The third kappa shape index (κ3) is 11.7. The van der Waals surface area contributed by atoms with Gasteiger partial charge in [-0.15, -0.1) is 0 Å². The predicted octanol–water partition coefficient (Wildman–Crippen LogP) is 3.29. The Balaban J connectivity index is 2.87. The molecule has 0 bridgehead atoms. The second-order valence-corrected chi connectivity index (χ2v) is 11.9. The minimum Gasteiger partial charge on any atom is -0.493 e. The molecule has 1 rings (SSSR count). The second-order valence-electron chi connectivity index (χ2n) is 11.9. The van der Waals surface area contributed by atoms with Crippen molar-refractivity contribution in [2.24, 2.45) is 40.6 Å². The summed E-state index contributed by atoms with van der Waals surface area (Å²) in [5, 5.41) is 13.9. The molecule has 1 aromatic rings. The Morgan fingerprint density at radius 1 is 1.03 bits per heavy atom. The summed E-state index contributed by atoms with van der Waals surface area (Å²) in [6.07, 6.45) is 1.56. The molecule has 0 spiro atoms. The predicted molar refractivity (Wildman–Crippen MR) is 155 cm³/mol. The molecular weight excluding hydrogens is 498 g/mol. The molecule has 9 heteroatoms. The molecule has 224 valence electrons. The number of carbonyl (C=O) groups is 2. The molecule has 0 aliphatic carbocycles. The molecule has 39 heavy (non-hydrogen) atoms. The van der Waals surface area contributed by atoms with Gasteiger partial charge in [0, 0.05) is 38.6 Å². The van der Waals surface area contributed by atoms with E-state index in [9.17, 15) is 14.7 Å². The Bertz CT molecular complexity index is 889. The second kappa shape index (κ2) is 16.7. The molecule has 0 aliphatic heterocycles. The van der Waals surface area contributed by atoms with Gasteiger partial charge in [0.2, 0.25) is 11.8 Å². The minimum atomic E-state index is -0.854. The molecule has 9 nitrogen and oxygen atoms in total. The van der Waals surface area contributed by atoms with Crippen molar-refractivity contribution in [3.05, 3.63) is 23.8 Å². The number of carbonyl (C=O) groups excluding carboxylic acids is 2. The van der Waals surface area contributed by atoms with E-state index in [0.29, 0.717) is 37.1 Å². The topological polar surface area (TPSA) is 146 Å². The van der Waals surface area contributed by atoms with E-state index >= 15 is 0 Å². The van der Waals surface area contributed by atoms with Crippen LogP contribution in [-0.4, -0.2) is 63.0 Å². The fourth-order valence-electron chi connectivity index (χ4n) is 4.39. The maximum Gasteiger partial charge on any atom is 0.224 e. The summed E-state index contributed by atoms with van der Waals surface area (Å²) >= 11 is 0. The molecule has 0 unspecified atom stereocenters. The zero-order chi connectivity index (χ0) is 29.8. The number of ether oxygens (including phenoxy) is 3. The maximum absolute atomic E-state index is 12.9. The quantitative estimate of drug-likeness (QED) is 0.193. The maximum atomic E-state index is 12.9. The molecule has 0 aliphatic rings. The molecule has 6 N–H and O–H groups in total. The summed E-state index contributed by atoms with van der Waals surface area (Å²) in [6, 6.07) is 5.47. The van der Waals surface area contributed by atoms with Gasteiger partial charge in [-0.05, 0) is 68.6 Å². The van der Waals surface area contributed by atoms with E-state index in [1.807, 2.05) is 32.0 Å². The third-order valence-electron chi connectivity index (χ3n) is 7.50. The van der Waals surface area contributed by atoms with Gasteiger partial charge in [0.15, 0.2) is 11.5 Å². The Morgan fingerprint density at radius 2 is 1.69 bits per heavy atom. The van der Waals surface area contributed by atoms with Crippen molar-refractivity contribution >= 4 is 11.8 Å². The van der Waals surface area contributed by atoms with Crippen molar-refractivity contribution in [1.82, 2.24) is 5.32 Å². The summed E-state index contributed by atoms with van der Waals surface area (Å²) in [5.74, 6) is 0.792. The summed E-state index contributed by atoms with van der Waals surface area (Å²) in [5.41, 5.74) is 12.2. The number of benzene rings is 1. The van der Waals surface area contributed by atoms with Crippen LogP contribution < -0.4 is 26.3 Å². The average Bonchev–Trinajstić information content (AvgIpc) is 2.87. The normalized spacial score (nSPS) is 15.1. The molecule has 2 amide bonds. The summed E-state index contributed by atoms with van der Waals surface area (Å²) in [6.45, 7) is 12.9. The van der Waals surface area contributed by atoms with Crippen LogP contribution in [0.1, 0.15) is 66.4 Å². The standard InChI is InChI=1S/C30H53N3O6/c1-19(2)22(14-21-10-11-26(38-8)27(15-21)39-13-9-12-37-7)16-24(31)25(34)17-23(20(3)4)28(35)33-18-30(5,6)29(32)36/h10-11,15,19-20,22-25,34H,9,12-14,16-18,31H2,1-8H3,(H2,32,36)(H,33,35)/t22-,23+,24-,25+/m0/s1. The van der Waals surface area contributed by atoms with Crippen LogP contribution in [0.15, 0.2) is 18.2 Å². The first-order valence-electron chi connectivity index (χ1n) is 14.0. The molecule has 0 fully saturated rings. The number of rotatable bonds is 19. The van der Waals surface area contributed by atoms with Crippen molar-refractivity contribution in [3.8, 4) is 11.5 Å². The average molecular weight is 552 g/mol. The highest BCUT2D eigenvalue weighted by atomic mass is 16.5. The van der Waals surface area contributed by atoms with Crippen molar-refractivity contribution in [2.75, 3.05) is 34.0 Å². The number of methoxy groups -OCH3 is 2. The lowest BCUT2D eigenvalue weighted by atomic mass is 9.80. The number of hydrogen-bond donors (Lipinski definition) is 4. The van der Waals surface area contributed by atoms with E-state index in [2.05, 4.69) is 19.2 Å². The first-order chi connectivity index (χ1) is 18.2. The summed E-state index contributed by atoms with van der Waals surface area (Å²) < 4.78 is 16.5. The van der Waals surface area contributed by atoms with Crippen molar-refractivity contribution in [1.29, 1.82) is 0 Å². The molecule has 0 aromatic heterocycles. The highest BCUT2D eigenvalue weighted by Gasteiger charge is 2.32. The van der Waals surface area contributed by atoms with Gasteiger partial charge in [0.25, 0.3) is 0 Å². The van der Waals surface area contributed by atoms with Crippen LogP contribution in [0.4, 0.5) is 0 Å². The number of nitrogens with one attached hydrogen (secondary N) is 1. The van der Waals surface area contributed by atoms with Gasteiger partial charge in [-0.2, -0.15) is 0 Å². The summed E-state index contributed by atoms with van der Waals surface area (Å²) in [7, 11) is 3.29. The Kier molecular flexibility index (Phi) is 14.8. The SMILES string of the molecule is COCCCOc1cc(C[C@@H](C[C@H](N)[C@H](O)C[C@@H](C(=O)NCC(C)(C)C(N)=O)C(C)C)C(C)C)ccc1OC. The number of aliphatic hydroxyl groups excluding tert-OH is 1. The zero-order valence-electron chi connectivity index (χ0n) is 25.3. The molecule has 1 aromatic carbocycles. The van der Waals surface area contributed by atoms with Crippen LogP contribution >= 0.6 is 0 Å². The molecule has 0 saturated carbocycles. The Labute approximate surface area is 235 Å². The number of hydrogen-bond acceptors (Lipinski definition) is 7. The molecule has 0 radical (unpaired) electrons. The van der Waals surface area contributed by atoms with E-state index in [4.69, 9.17) is 25.7 Å². The highest BCUT2D eigenvalue weighted by Crippen LogP contribution is 2.32. The van der Waals surface area contributed by atoms with Gasteiger partial charge in [0.1, 0.15) is 0 Å². The van der Waals surface area contributed by atoms with Crippen molar-refractivity contribution in [3.63, 3.8) is 0 Å². The van der Waals surface area contributed by atoms with Crippen LogP contribution in [0.2, 0.25) is 0 Å². The lowest BCUT2D eigenvalue weighted by Crippen LogP contribution is -2.46. The number of amides is 2. The fourth-order valence-corrected chi connectivity index (χ4v) is 4.39. The van der Waals surface area contributed by atoms with Gasteiger partial charge in [0.05, 0.1) is 25.2 Å². The van der Waals surface area contributed by atoms with Crippen LogP contribution in [0.3, 0.4) is 0 Å².